The van der Waals surface area contributed by atoms with Crippen molar-refractivity contribution in [3.8, 4) is 0 Å². The molecule has 3 aromatic rings. The van der Waals surface area contributed by atoms with E-state index in [2.05, 4.69) is 24.5 Å². The van der Waals surface area contributed by atoms with Gasteiger partial charge in [0.2, 0.25) is 5.91 Å². The van der Waals surface area contributed by atoms with Gasteiger partial charge in [-0.15, -0.1) is 0 Å². The van der Waals surface area contributed by atoms with Crippen molar-refractivity contribution in [2.75, 3.05) is 22.7 Å². The van der Waals surface area contributed by atoms with Crippen LogP contribution in [0.25, 0.3) is 0 Å². The molecule has 0 saturated carbocycles. The van der Waals surface area contributed by atoms with Crippen LogP contribution in [-0.4, -0.2) is 33.3 Å². The number of para-hydroxylation sites is 1. The Hall–Kier alpha value is -3.65. The third-order valence-corrected chi connectivity index (χ3v) is 7.52. The quantitative estimate of drug-likeness (QED) is 0.350. The molecular formula is C28H33N3O4S. The zero-order chi connectivity index (χ0) is 26.1. The van der Waals surface area contributed by atoms with Crippen molar-refractivity contribution in [1.29, 1.82) is 0 Å². The number of unbranched alkanes of at least 4 members (excludes halogenated alkanes) is 1. The minimum atomic E-state index is -4.02. The van der Waals surface area contributed by atoms with Gasteiger partial charge in [-0.3, -0.25) is 13.9 Å². The summed E-state index contributed by atoms with van der Waals surface area (Å²) >= 11 is 0. The molecule has 7 nitrogen and oxygen atoms in total. The third-order valence-electron chi connectivity index (χ3n) is 5.73. The monoisotopic (exact) mass is 507 g/mol. The second-order valence-electron chi connectivity index (χ2n) is 8.77. The molecule has 3 aromatic carbocycles. The summed E-state index contributed by atoms with van der Waals surface area (Å²) in [5.41, 5.74) is 2.08. The summed E-state index contributed by atoms with van der Waals surface area (Å²) in [6.45, 7) is 6.22. The van der Waals surface area contributed by atoms with Gasteiger partial charge in [-0.25, -0.2) is 8.42 Å². The summed E-state index contributed by atoms with van der Waals surface area (Å²) in [6, 6.07) is 21.8. The molecule has 0 atom stereocenters. The standard InChI is InChI=1S/C28H33N3O4S/c1-4-5-19-29-28(33)25-13-9-10-14-26(25)30-27(32)20-31(23-17-15-22(16-18-23)21(2)3)36(34,35)24-11-7-6-8-12-24/h6-18,21H,4-5,19-20H2,1-3H3,(H,29,33)(H,30,32). The number of rotatable bonds is 11. The highest BCUT2D eigenvalue weighted by molar-refractivity contribution is 7.92. The minimum absolute atomic E-state index is 0.0847. The molecule has 2 amide bonds. The van der Waals surface area contributed by atoms with Gasteiger partial charge in [0.15, 0.2) is 0 Å². The molecular weight excluding hydrogens is 474 g/mol. The smallest absolute Gasteiger partial charge is 0.264 e. The summed E-state index contributed by atoms with van der Waals surface area (Å²) in [5.74, 6) is -0.574. The lowest BCUT2D eigenvalue weighted by Crippen LogP contribution is -2.38. The van der Waals surface area contributed by atoms with Crippen LogP contribution < -0.4 is 14.9 Å². The Bertz CT molecular complexity index is 1270. The Labute approximate surface area is 213 Å². The van der Waals surface area contributed by atoms with E-state index in [1.165, 1.54) is 12.1 Å². The summed E-state index contributed by atoms with van der Waals surface area (Å²) in [6.07, 6.45) is 1.80. The van der Waals surface area contributed by atoms with Crippen molar-refractivity contribution in [2.24, 2.45) is 0 Å². The van der Waals surface area contributed by atoms with E-state index in [-0.39, 0.29) is 16.7 Å². The summed E-state index contributed by atoms with van der Waals surface area (Å²) in [4.78, 5) is 25.8. The third kappa shape index (κ3) is 6.73. The van der Waals surface area contributed by atoms with Crippen molar-refractivity contribution >= 4 is 33.2 Å². The molecule has 8 heteroatoms. The van der Waals surface area contributed by atoms with E-state index in [0.29, 0.717) is 23.5 Å². The maximum absolute atomic E-state index is 13.5. The van der Waals surface area contributed by atoms with Crippen LogP contribution in [0.4, 0.5) is 11.4 Å². The summed E-state index contributed by atoms with van der Waals surface area (Å²) in [7, 11) is -4.02. The predicted molar refractivity (Wildman–Crippen MR) is 144 cm³/mol. The zero-order valence-corrected chi connectivity index (χ0v) is 21.7. The molecule has 0 saturated heterocycles. The van der Waals surface area contributed by atoms with E-state index < -0.39 is 22.5 Å². The van der Waals surface area contributed by atoms with Crippen LogP contribution in [0.2, 0.25) is 0 Å². The molecule has 0 aliphatic carbocycles. The highest BCUT2D eigenvalue weighted by atomic mass is 32.2. The van der Waals surface area contributed by atoms with E-state index in [0.717, 1.165) is 22.7 Å². The van der Waals surface area contributed by atoms with Crippen LogP contribution in [0.5, 0.6) is 0 Å². The van der Waals surface area contributed by atoms with Crippen LogP contribution in [0, 0.1) is 0 Å². The Kier molecular flexibility index (Phi) is 9.25. The molecule has 0 unspecified atom stereocenters. The van der Waals surface area contributed by atoms with Crippen molar-refractivity contribution in [3.05, 3.63) is 90.0 Å². The molecule has 36 heavy (non-hydrogen) atoms. The van der Waals surface area contributed by atoms with Crippen molar-refractivity contribution in [3.63, 3.8) is 0 Å². The SMILES string of the molecule is CCCCNC(=O)c1ccccc1NC(=O)CN(c1ccc(C(C)C)cc1)S(=O)(=O)c1ccccc1. The first-order valence-corrected chi connectivity index (χ1v) is 13.5. The molecule has 0 heterocycles. The normalized spacial score (nSPS) is 11.2. The molecule has 0 bridgehead atoms. The number of hydrogen-bond acceptors (Lipinski definition) is 4. The maximum atomic E-state index is 13.5. The number of carbonyl (C=O) groups is 2. The number of hydrogen-bond donors (Lipinski definition) is 2. The van der Waals surface area contributed by atoms with E-state index in [1.54, 1.807) is 54.6 Å². The largest absolute Gasteiger partial charge is 0.352 e. The van der Waals surface area contributed by atoms with Gasteiger partial charge in [0.25, 0.3) is 15.9 Å². The number of sulfonamides is 1. The second kappa shape index (κ2) is 12.4. The molecule has 0 aromatic heterocycles. The van der Waals surface area contributed by atoms with Crippen molar-refractivity contribution in [2.45, 2.75) is 44.4 Å². The van der Waals surface area contributed by atoms with Gasteiger partial charge in [-0.2, -0.15) is 0 Å². The first-order valence-electron chi connectivity index (χ1n) is 12.1. The number of nitrogens with one attached hydrogen (secondary N) is 2. The topological polar surface area (TPSA) is 95.6 Å². The van der Waals surface area contributed by atoms with E-state index >= 15 is 0 Å². The number of nitrogens with zero attached hydrogens (tertiary/aromatic N) is 1. The number of amides is 2. The highest BCUT2D eigenvalue weighted by Crippen LogP contribution is 2.26. The molecule has 2 N–H and O–H groups in total. The van der Waals surface area contributed by atoms with Gasteiger partial charge in [-0.05, 0) is 54.3 Å². The number of carbonyl (C=O) groups excluding carboxylic acids is 2. The summed E-state index contributed by atoms with van der Waals surface area (Å²) in [5, 5.41) is 5.57. The Morgan fingerprint density at radius 1 is 0.889 bits per heavy atom. The van der Waals surface area contributed by atoms with Gasteiger partial charge in [0.05, 0.1) is 21.8 Å². The predicted octanol–water partition coefficient (Wildman–Crippen LogP) is 5.17. The Morgan fingerprint density at radius 2 is 1.53 bits per heavy atom. The van der Waals surface area contributed by atoms with E-state index in [9.17, 15) is 18.0 Å². The van der Waals surface area contributed by atoms with Crippen LogP contribution in [0.15, 0.2) is 83.8 Å². The first-order chi connectivity index (χ1) is 17.2. The van der Waals surface area contributed by atoms with E-state index in [4.69, 9.17) is 0 Å². The van der Waals surface area contributed by atoms with Crippen LogP contribution in [0.3, 0.4) is 0 Å². The molecule has 0 radical (unpaired) electrons. The minimum Gasteiger partial charge on any atom is -0.352 e. The fourth-order valence-electron chi connectivity index (χ4n) is 3.64. The fraction of sp³-hybridized carbons (Fsp3) is 0.286. The van der Waals surface area contributed by atoms with Gasteiger partial charge < -0.3 is 10.6 Å². The van der Waals surface area contributed by atoms with Gasteiger partial charge >= 0.3 is 0 Å². The zero-order valence-electron chi connectivity index (χ0n) is 20.9. The lowest BCUT2D eigenvalue weighted by Gasteiger charge is -2.25. The molecule has 0 spiro atoms. The van der Waals surface area contributed by atoms with Crippen LogP contribution in [0.1, 0.15) is 55.5 Å². The molecule has 3 rings (SSSR count). The van der Waals surface area contributed by atoms with Crippen molar-refractivity contribution in [1.82, 2.24) is 5.32 Å². The van der Waals surface area contributed by atoms with Crippen LogP contribution in [-0.2, 0) is 14.8 Å². The lowest BCUT2D eigenvalue weighted by atomic mass is 10.0. The van der Waals surface area contributed by atoms with Gasteiger partial charge in [-0.1, -0.05) is 69.7 Å². The Balaban J connectivity index is 1.89. The van der Waals surface area contributed by atoms with Crippen LogP contribution >= 0.6 is 0 Å². The lowest BCUT2D eigenvalue weighted by molar-refractivity contribution is -0.114. The highest BCUT2D eigenvalue weighted by Gasteiger charge is 2.27. The number of benzene rings is 3. The van der Waals surface area contributed by atoms with Crippen molar-refractivity contribution < 1.29 is 18.0 Å². The molecule has 0 aliphatic rings. The average molecular weight is 508 g/mol. The maximum Gasteiger partial charge on any atom is 0.264 e. The molecule has 0 aliphatic heterocycles. The average Bonchev–Trinajstić information content (AvgIpc) is 2.88. The molecule has 0 fully saturated rings. The second-order valence-corrected chi connectivity index (χ2v) is 10.6. The Morgan fingerprint density at radius 3 is 2.17 bits per heavy atom. The van der Waals surface area contributed by atoms with E-state index in [1.807, 2.05) is 19.1 Å². The first kappa shape index (κ1) is 26.9. The fourth-order valence-corrected chi connectivity index (χ4v) is 5.09. The van der Waals surface area contributed by atoms with Gasteiger partial charge in [0, 0.05) is 6.54 Å². The number of anilines is 2. The molecule has 190 valence electrons. The summed E-state index contributed by atoms with van der Waals surface area (Å²) < 4.78 is 28.2. The van der Waals surface area contributed by atoms with Gasteiger partial charge in [0.1, 0.15) is 6.54 Å².